The third kappa shape index (κ3) is 5.69. The Morgan fingerprint density at radius 1 is 1.00 bits per heavy atom. The normalized spacial score (nSPS) is 9.50. The molecule has 0 aromatic carbocycles. The third-order valence-electron chi connectivity index (χ3n) is 2.93. The van der Waals surface area contributed by atoms with Gasteiger partial charge in [0.2, 0.25) is 5.88 Å². The second-order valence-electron chi connectivity index (χ2n) is 4.58. The number of aromatic nitrogens is 2. The van der Waals surface area contributed by atoms with E-state index in [0.29, 0.717) is 35.4 Å². The number of anilines is 5. The molecule has 0 bridgehead atoms. The Labute approximate surface area is 141 Å². The largest absolute Gasteiger partial charge is 0.481 e. The number of methoxy groups -OCH3 is 1. The van der Waals surface area contributed by atoms with E-state index >= 15 is 0 Å². The van der Waals surface area contributed by atoms with Gasteiger partial charge >= 0.3 is 0 Å². The minimum Gasteiger partial charge on any atom is -0.481 e. The van der Waals surface area contributed by atoms with Crippen LogP contribution in [0.3, 0.4) is 0 Å². The zero-order valence-electron chi connectivity index (χ0n) is 14.1. The molecule has 0 aliphatic carbocycles. The van der Waals surface area contributed by atoms with E-state index in [0.717, 1.165) is 5.82 Å². The SMILES string of the molecule is CNc1ccc(N)c(NC)n1.COc1ccc(N)c(NCCO)n1. The molecule has 9 nitrogen and oxygen atoms in total. The van der Waals surface area contributed by atoms with Gasteiger partial charge in [0.05, 0.1) is 25.1 Å². The summed E-state index contributed by atoms with van der Waals surface area (Å²) >= 11 is 0. The summed E-state index contributed by atoms with van der Waals surface area (Å²) in [6, 6.07) is 7.02. The second-order valence-corrected chi connectivity index (χ2v) is 4.58. The van der Waals surface area contributed by atoms with Gasteiger partial charge in [0.15, 0.2) is 11.6 Å². The van der Waals surface area contributed by atoms with Crippen molar-refractivity contribution < 1.29 is 9.84 Å². The first kappa shape index (κ1) is 19.1. The van der Waals surface area contributed by atoms with Crippen LogP contribution >= 0.6 is 0 Å². The minimum absolute atomic E-state index is 0.0400. The summed E-state index contributed by atoms with van der Waals surface area (Å²) in [6.45, 7) is 0.461. The predicted molar refractivity (Wildman–Crippen MR) is 98.5 cm³/mol. The van der Waals surface area contributed by atoms with Gasteiger partial charge in [-0.2, -0.15) is 4.98 Å². The molecule has 9 heteroatoms. The number of nitrogens with one attached hydrogen (secondary N) is 3. The van der Waals surface area contributed by atoms with E-state index in [9.17, 15) is 0 Å². The molecule has 0 atom stereocenters. The van der Waals surface area contributed by atoms with Gasteiger partial charge in [-0.05, 0) is 18.2 Å². The van der Waals surface area contributed by atoms with Crippen LogP contribution in [0.2, 0.25) is 0 Å². The highest BCUT2D eigenvalue weighted by atomic mass is 16.5. The molecule has 2 heterocycles. The Morgan fingerprint density at radius 3 is 2.25 bits per heavy atom. The van der Waals surface area contributed by atoms with Crippen molar-refractivity contribution in [1.82, 2.24) is 9.97 Å². The Balaban J connectivity index is 0.000000243. The molecule has 0 radical (unpaired) electrons. The molecular formula is C15H25N7O2. The maximum absolute atomic E-state index is 8.58. The molecule has 2 aromatic heterocycles. The Bertz CT molecular complexity index is 637. The zero-order valence-corrected chi connectivity index (χ0v) is 14.1. The molecule has 2 aromatic rings. The van der Waals surface area contributed by atoms with E-state index in [1.54, 1.807) is 19.2 Å². The lowest BCUT2D eigenvalue weighted by Crippen LogP contribution is -2.09. The van der Waals surface area contributed by atoms with Gasteiger partial charge in [0.25, 0.3) is 0 Å². The van der Waals surface area contributed by atoms with Crippen LogP contribution in [-0.4, -0.2) is 49.4 Å². The minimum atomic E-state index is 0.0400. The molecule has 0 fully saturated rings. The summed E-state index contributed by atoms with van der Waals surface area (Å²) in [5.74, 6) is 2.54. The van der Waals surface area contributed by atoms with Crippen LogP contribution in [-0.2, 0) is 0 Å². The molecule has 0 saturated carbocycles. The second kappa shape index (κ2) is 9.95. The zero-order chi connectivity index (χ0) is 17.9. The van der Waals surface area contributed by atoms with Gasteiger partial charge in [-0.1, -0.05) is 0 Å². The summed E-state index contributed by atoms with van der Waals surface area (Å²) in [6.07, 6.45) is 0. The number of ether oxygens (including phenoxy) is 1. The summed E-state index contributed by atoms with van der Waals surface area (Å²) in [7, 11) is 5.14. The van der Waals surface area contributed by atoms with Crippen molar-refractivity contribution in [2.45, 2.75) is 0 Å². The van der Waals surface area contributed by atoms with Gasteiger partial charge < -0.3 is 37.3 Å². The summed E-state index contributed by atoms with van der Waals surface area (Å²) < 4.78 is 4.92. The van der Waals surface area contributed by atoms with E-state index in [2.05, 4.69) is 25.9 Å². The van der Waals surface area contributed by atoms with Crippen molar-refractivity contribution >= 4 is 28.8 Å². The average molecular weight is 335 g/mol. The summed E-state index contributed by atoms with van der Waals surface area (Å²) in [5.41, 5.74) is 12.4. The van der Waals surface area contributed by atoms with Gasteiger partial charge in [-0.15, -0.1) is 0 Å². The summed E-state index contributed by atoms with van der Waals surface area (Å²) in [5, 5.41) is 17.3. The Kier molecular flexibility index (Phi) is 7.92. The molecule has 0 unspecified atom stereocenters. The van der Waals surface area contributed by atoms with Crippen molar-refractivity contribution in [3.8, 4) is 5.88 Å². The predicted octanol–water partition coefficient (Wildman–Crippen LogP) is 0.824. The quantitative estimate of drug-likeness (QED) is 0.452. The third-order valence-corrected chi connectivity index (χ3v) is 2.93. The highest BCUT2D eigenvalue weighted by Crippen LogP contribution is 2.19. The molecule has 8 N–H and O–H groups in total. The first-order valence-electron chi connectivity index (χ1n) is 7.33. The van der Waals surface area contributed by atoms with Crippen LogP contribution in [0.1, 0.15) is 0 Å². The monoisotopic (exact) mass is 335 g/mol. The van der Waals surface area contributed by atoms with E-state index in [1.807, 2.05) is 19.2 Å². The van der Waals surface area contributed by atoms with Crippen LogP contribution < -0.4 is 32.2 Å². The van der Waals surface area contributed by atoms with Crippen molar-refractivity contribution in [3.05, 3.63) is 24.3 Å². The van der Waals surface area contributed by atoms with Crippen molar-refractivity contribution in [3.63, 3.8) is 0 Å². The van der Waals surface area contributed by atoms with Crippen molar-refractivity contribution in [2.24, 2.45) is 0 Å². The topological polar surface area (TPSA) is 143 Å². The number of rotatable bonds is 6. The van der Waals surface area contributed by atoms with Crippen LogP contribution in [0, 0.1) is 0 Å². The van der Waals surface area contributed by atoms with Crippen LogP contribution in [0.25, 0.3) is 0 Å². The van der Waals surface area contributed by atoms with Gasteiger partial charge in [0, 0.05) is 26.7 Å². The van der Waals surface area contributed by atoms with Crippen LogP contribution in [0.5, 0.6) is 5.88 Å². The average Bonchev–Trinajstić information content (AvgIpc) is 2.62. The number of aliphatic hydroxyl groups excluding tert-OH is 1. The smallest absolute Gasteiger partial charge is 0.215 e. The highest BCUT2D eigenvalue weighted by molar-refractivity contribution is 5.64. The molecule has 0 saturated heterocycles. The number of aliphatic hydroxyl groups is 1. The van der Waals surface area contributed by atoms with E-state index in [-0.39, 0.29) is 6.61 Å². The fourth-order valence-electron chi connectivity index (χ4n) is 1.69. The Morgan fingerprint density at radius 2 is 1.67 bits per heavy atom. The molecule has 0 aliphatic rings. The van der Waals surface area contributed by atoms with E-state index in [4.69, 9.17) is 21.3 Å². The first-order chi connectivity index (χ1) is 11.5. The maximum atomic E-state index is 8.58. The number of hydrogen-bond acceptors (Lipinski definition) is 9. The van der Waals surface area contributed by atoms with Crippen molar-refractivity contribution in [2.75, 3.05) is 61.8 Å². The standard InChI is InChI=1S/C8H13N3O2.C7H12N4/c1-13-7-3-2-6(9)8(11-7)10-4-5-12;1-9-6-4-3-5(8)7(10-2)11-6/h2-3,12H,4-5,9H2,1H3,(H,10,11);3-4H,8H2,1-2H3,(H2,9,10,11). The first-order valence-corrected chi connectivity index (χ1v) is 7.33. The van der Waals surface area contributed by atoms with Crippen molar-refractivity contribution in [1.29, 1.82) is 0 Å². The number of hydrogen-bond donors (Lipinski definition) is 6. The molecule has 0 aliphatic heterocycles. The van der Waals surface area contributed by atoms with Gasteiger partial charge in [-0.3, -0.25) is 0 Å². The maximum Gasteiger partial charge on any atom is 0.215 e. The molecule has 24 heavy (non-hydrogen) atoms. The lowest BCUT2D eigenvalue weighted by Gasteiger charge is -2.07. The van der Waals surface area contributed by atoms with E-state index in [1.165, 1.54) is 7.11 Å². The van der Waals surface area contributed by atoms with Gasteiger partial charge in [-0.25, -0.2) is 4.98 Å². The lowest BCUT2D eigenvalue weighted by molar-refractivity contribution is 0.311. The van der Waals surface area contributed by atoms with Gasteiger partial charge in [0.1, 0.15) is 5.82 Å². The fourth-order valence-corrected chi connectivity index (χ4v) is 1.69. The molecular weight excluding hydrogens is 310 g/mol. The highest BCUT2D eigenvalue weighted by Gasteiger charge is 2.01. The Hall–Kier alpha value is -2.94. The van der Waals surface area contributed by atoms with Crippen LogP contribution in [0.4, 0.5) is 28.8 Å². The summed E-state index contributed by atoms with van der Waals surface area (Å²) in [4.78, 5) is 8.22. The van der Waals surface area contributed by atoms with Crippen LogP contribution in [0.15, 0.2) is 24.3 Å². The lowest BCUT2D eigenvalue weighted by atomic mass is 10.4. The number of nitrogens with zero attached hydrogens (tertiary/aromatic N) is 2. The molecule has 0 amide bonds. The molecule has 0 spiro atoms. The number of pyridine rings is 2. The number of nitrogen functional groups attached to an aromatic ring is 2. The number of nitrogens with two attached hydrogens (primary N) is 2. The fraction of sp³-hybridized carbons (Fsp3) is 0.333. The molecule has 132 valence electrons. The van der Waals surface area contributed by atoms with E-state index < -0.39 is 0 Å². The molecule has 2 rings (SSSR count).